The first-order valence-corrected chi connectivity index (χ1v) is 8.96. The van der Waals surface area contributed by atoms with E-state index in [2.05, 4.69) is 25.7 Å². The van der Waals surface area contributed by atoms with Crippen LogP contribution in [0.3, 0.4) is 0 Å². The number of nitrogens with zero attached hydrogens (tertiary/aromatic N) is 1. The van der Waals surface area contributed by atoms with E-state index >= 15 is 0 Å². The van der Waals surface area contributed by atoms with E-state index in [-0.39, 0.29) is 0 Å². The van der Waals surface area contributed by atoms with Crippen LogP contribution in [-0.4, -0.2) is 30.6 Å². The average molecular weight is 280 g/mol. The average Bonchev–Trinajstić information content (AvgIpc) is 2.85. The quantitative estimate of drug-likeness (QED) is 0.795. The van der Waals surface area contributed by atoms with Crippen LogP contribution in [0.2, 0.25) is 0 Å². The highest BCUT2D eigenvalue weighted by Crippen LogP contribution is 2.37. The second-order valence-electron chi connectivity index (χ2n) is 8.22. The topological polar surface area (TPSA) is 29.3 Å². The van der Waals surface area contributed by atoms with Gasteiger partial charge in [0.1, 0.15) is 0 Å². The van der Waals surface area contributed by atoms with Gasteiger partial charge in [-0.05, 0) is 81.8 Å². The monoisotopic (exact) mass is 280 g/mol. The highest BCUT2D eigenvalue weighted by molar-refractivity contribution is 4.89. The van der Waals surface area contributed by atoms with Crippen LogP contribution in [0.25, 0.3) is 0 Å². The van der Waals surface area contributed by atoms with Crippen LogP contribution in [0, 0.1) is 17.3 Å². The third kappa shape index (κ3) is 4.21. The molecule has 1 heterocycles. The van der Waals surface area contributed by atoms with Crippen molar-refractivity contribution in [1.82, 2.24) is 4.90 Å². The lowest BCUT2D eigenvalue weighted by molar-refractivity contribution is 0.104. The lowest BCUT2D eigenvalue weighted by atomic mass is 9.76. The molecule has 118 valence electrons. The largest absolute Gasteiger partial charge is 0.330 e. The highest BCUT2D eigenvalue weighted by Gasteiger charge is 2.34. The first-order chi connectivity index (χ1) is 9.52. The molecule has 2 heteroatoms. The summed E-state index contributed by atoms with van der Waals surface area (Å²) in [5.74, 6) is 1.82. The first kappa shape index (κ1) is 16.3. The van der Waals surface area contributed by atoms with E-state index in [9.17, 15) is 0 Å². The maximum Gasteiger partial charge on any atom is 0.0123 e. The number of likely N-dealkylation sites (tertiary alicyclic amines) is 1. The molecule has 0 radical (unpaired) electrons. The summed E-state index contributed by atoms with van der Waals surface area (Å²) in [4.78, 5) is 2.82. The fourth-order valence-corrected chi connectivity index (χ4v) is 4.59. The van der Waals surface area contributed by atoms with E-state index < -0.39 is 0 Å². The van der Waals surface area contributed by atoms with Crippen molar-refractivity contribution in [2.75, 3.05) is 19.6 Å². The van der Waals surface area contributed by atoms with Crippen LogP contribution in [-0.2, 0) is 0 Å². The number of nitrogens with two attached hydrogens (primary N) is 1. The van der Waals surface area contributed by atoms with Gasteiger partial charge in [0.2, 0.25) is 0 Å². The third-order valence-corrected chi connectivity index (χ3v) is 5.85. The summed E-state index contributed by atoms with van der Waals surface area (Å²) >= 11 is 0. The van der Waals surface area contributed by atoms with Crippen molar-refractivity contribution in [3.05, 3.63) is 0 Å². The van der Waals surface area contributed by atoms with Crippen molar-refractivity contribution in [3.8, 4) is 0 Å². The summed E-state index contributed by atoms with van der Waals surface area (Å²) in [6.07, 6.45) is 11.3. The maximum absolute atomic E-state index is 5.80. The van der Waals surface area contributed by atoms with Gasteiger partial charge in [-0.1, -0.05) is 27.2 Å². The van der Waals surface area contributed by atoms with Gasteiger partial charge in [0.25, 0.3) is 0 Å². The van der Waals surface area contributed by atoms with Crippen LogP contribution in [0.15, 0.2) is 0 Å². The highest BCUT2D eigenvalue weighted by atomic mass is 15.2. The first-order valence-electron chi connectivity index (χ1n) is 8.96. The van der Waals surface area contributed by atoms with E-state index in [0.29, 0.717) is 5.41 Å². The van der Waals surface area contributed by atoms with E-state index in [1.807, 2.05) is 0 Å². The predicted octanol–water partition coefficient (Wildman–Crippen LogP) is 4.04. The number of hydrogen-bond donors (Lipinski definition) is 1. The smallest absolute Gasteiger partial charge is 0.0123 e. The van der Waals surface area contributed by atoms with Gasteiger partial charge in [-0.15, -0.1) is 0 Å². The Morgan fingerprint density at radius 1 is 1.10 bits per heavy atom. The van der Waals surface area contributed by atoms with Gasteiger partial charge in [0, 0.05) is 6.04 Å². The molecule has 2 nitrogen and oxygen atoms in total. The molecule has 1 saturated heterocycles. The van der Waals surface area contributed by atoms with Crippen LogP contribution in [0.5, 0.6) is 0 Å². The summed E-state index contributed by atoms with van der Waals surface area (Å²) < 4.78 is 0. The van der Waals surface area contributed by atoms with Gasteiger partial charge in [-0.3, -0.25) is 0 Å². The lowest BCUT2D eigenvalue weighted by Gasteiger charge is -2.38. The fourth-order valence-electron chi connectivity index (χ4n) is 4.59. The van der Waals surface area contributed by atoms with Crippen LogP contribution in [0.4, 0.5) is 0 Å². The van der Waals surface area contributed by atoms with Gasteiger partial charge in [0.15, 0.2) is 0 Å². The molecule has 1 aliphatic heterocycles. The molecule has 2 N–H and O–H groups in total. The van der Waals surface area contributed by atoms with Gasteiger partial charge >= 0.3 is 0 Å². The van der Waals surface area contributed by atoms with Crippen LogP contribution >= 0.6 is 0 Å². The van der Waals surface area contributed by atoms with Crippen LogP contribution < -0.4 is 5.73 Å². The van der Waals surface area contributed by atoms with Crippen molar-refractivity contribution in [3.63, 3.8) is 0 Å². The van der Waals surface area contributed by atoms with Crippen LogP contribution in [0.1, 0.15) is 72.1 Å². The fraction of sp³-hybridized carbons (Fsp3) is 1.00. The zero-order valence-corrected chi connectivity index (χ0v) is 14.0. The predicted molar refractivity (Wildman–Crippen MR) is 87.8 cm³/mol. The Kier molecular flexibility index (Phi) is 5.92. The zero-order chi connectivity index (χ0) is 14.6. The minimum Gasteiger partial charge on any atom is -0.330 e. The molecule has 20 heavy (non-hydrogen) atoms. The molecular weight excluding hydrogens is 244 g/mol. The molecule has 0 amide bonds. The maximum atomic E-state index is 5.80. The second kappa shape index (κ2) is 7.26. The van der Waals surface area contributed by atoms with E-state index in [1.54, 1.807) is 0 Å². The Balaban J connectivity index is 1.76. The molecule has 0 spiro atoms. The second-order valence-corrected chi connectivity index (χ2v) is 8.22. The molecule has 1 aliphatic carbocycles. The Bertz CT molecular complexity index is 282. The van der Waals surface area contributed by atoms with E-state index in [1.165, 1.54) is 64.5 Å². The van der Waals surface area contributed by atoms with Crippen molar-refractivity contribution < 1.29 is 0 Å². The summed E-state index contributed by atoms with van der Waals surface area (Å²) in [5, 5.41) is 0. The lowest BCUT2D eigenvalue weighted by Crippen LogP contribution is -2.43. The van der Waals surface area contributed by atoms with Gasteiger partial charge in [0.05, 0.1) is 0 Å². The summed E-state index contributed by atoms with van der Waals surface area (Å²) in [7, 11) is 0. The summed E-state index contributed by atoms with van der Waals surface area (Å²) in [6.45, 7) is 10.7. The van der Waals surface area contributed by atoms with Gasteiger partial charge in [-0.25, -0.2) is 0 Å². The number of rotatable bonds is 6. The molecular formula is C18H36N2. The number of hydrogen-bond acceptors (Lipinski definition) is 2. The van der Waals surface area contributed by atoms with Crippen molar-refractivity contribution in [2.24, 2.45) is 23.0 Å². The van der Waals surface area contributed by atoms with E-state index in [0.717, 1.165) is 24.4 Å². The van der Waals surface area contributed by atoms with Gasteiger partial charge in [-0.2, -0.15) is 0 Å². The zero-order valence-electron chi connectivity index (χ0n) is 14.0. The third-order valence-electron chi connectivity index (χ3n) is 5.85. The molecule has 3 unspecified atom stereocenters. The minimum atomic E-state index is 0.414. The summed E-state index contributed by atoms with van der Waals surface area (Å²) in [5.41, 5.74) is 6.21. The Labute approximate surface area is 126 Å². The molecule has 2 fully saturated rings. The van der Waals surface area contributed by atoms with Gasteiger partial charge < -0.3 is 10.6 Å². The van der Waals surface area contributed by atoms with Crippen molar-refractivity contribution >= 4 is 0 Å². The Hall–Kier alpha value is -0.0800. The Morgan fingerprint density at radius 3 is 2.55 bits per heavy atom. The molecule has 2 rings (SSSR count). The SMILES string of the molecule is CC(C)(C)C(CCN)CCCN1CCCC2CCCC21. The normalized spacial score (nSPS) is 29.4. The number of piperidine rings is 1. The van der Waals surface area contributed by atoms with Crippen molar-refractivity contribution in [2.45, 2.75) is 78.2 Å². The molecule has 2 aliphatic rings. The summed E-state index contributed by atoms with van der Waals surface area (Å²) in [6, 6.07) is 0.936. The van der Waals surface area contributed by atoms with Crippen molar-refractivity contribution in [1.29, 1.82) is 0 Å². The molecule has 0 aromatic heterocycles. The molecule has 1 saturated carbocycles. The molecule has 3 atom stereocenters. The van der Waals surface area contributed by atoms with E-state index in [4.69, 9.17) is 5.73 Å². The standard InChI is InChI=1S/C18H36N2/c1-18(2,3)16(11-12-19)9-6-14-20-13-5-8-15-7-4-10-17(15)20/h15-17H,4-14,19H2,1-3H3. The molecule has 0 aromatic carbocycles. The molecule has 0 aromatic rings. The molecule has 0 bridgehead atoms. The minimum absolute atomic E-state index is 0.414. The number of fused-ring (bicyclic) bond motifs is 1. The Morgan fingerprint density at radius 2 is 1.85 bits per heavy atom.